The van der Waals surface area contributed by atoms with E-state index < -0.39 is 0 Å². The first-order valence-corrected chi connectivity index (χ1v) is 4.70. The molecule has 0 spiro atoms. The Balaban J connectivity index is 2.52. The summed E-state index contributed by atoms with van der Waals surface area (Å²) in [5, 5.41) is 8.58. The van der Waals surface area contributed by atoms with Crippen LogP contribution in [0.4, 0.5) is 0 Å². The van der Waals surface area contributed by atoms with Gasteiger partial charge in [0.15, 0.2) is 0 Å². The minimum absolute atomic E-state index is 0.554. The number of rotatable bonds is 2. The van der Waals surface area contributed by atoms with Crippen LogP contribution in [0.15, 0.2) is 11.6 Å². The van der Waals surface area contributed by atoms with Crippen molar-refractivity contribution in [2.45, 2.75) is 33.6 Å². The van der Waals surface area contributed by atoms with Gasteiger partial charge in [-0.3, -0.25) is 0 Å². The second kappa shape index (κ2) is 3.76. The molecule has 1 unspecified atom stereocenters. The van der Waals surface area contributed by atoms with Crippen molar-refractivity contribution in [2.75, 3.05) is 0 Å². The molecule has 0 aromatic rings. The topological polar surface area (TPSA) is 23.8 Å². The van der Waals surface area contributed by atoms with Crippen molar-refractivity contribution >= 4 is 0 Å². The van der Waals surface area contributed by atoms with Crippen molar-refractivity contribution in [3.63, 3.8) is 0 Å². The first-order chi connectivity index (χ1) is 5.66. The van der Waals surface area contributed by atoms with E-state index in [1.165, 1.54) is 12.0 Å². The van der Waals surface area contributed by atoms with Crippen LogP contribution in [-0.4, -0.2) is 0 Å². The summed E-state index contributed by atoms with van der Waals surface area (Å²) < 4.78 is 0. The molecule has 0 amide bonds. The van der Waals surface area contributed by atoms with E-state index in [4.69, 9.17) is 5.26 Å². The van der Waals surface area contributed by atoms with Crippen molar-refractivity contribution in [1.82, 2.24) is 0 Å². The third kappa shape index (κ3) is 1.69. The van der Waals surface area contributed by atoms with Crippen molar-refractivity contribution in [1.29, 1.82) is 5.26 Å². The lowest BCUT2D eigenvalue weighted by Crippen LogP contribution is -2.15. The normalized spacial score (nSPS) is 31.0. The first kappa shape index (κ1) is 9.32. The molecule has 0 saturated carbocycles. The van der Waals surface area contributed by atoms with E-state index in [-0.39, 0.29) is 0 Å². The Morgan fingerprint density at radius 2 is 2.42 bits per heavy atom. The summed E-state index contributed by atoms with van der Waals surface area (Å²) in [6, 6.07) is 2.26. The van der Waals surface area contributed by atoms with Gasteiger partial charge in [0.05, 0.1) is 6.07 Å². The summed E-state index contributed by atoms with van der Waals surface area (Å²) in [6.45, 7) is 6.66. The molecule has 12 heavy (non-hydrogen) atoms. The maximum Gasteiger partial charge on any atom is 0.0624 e. The van der Waals surface area contributed by atoms with Crippen LogP contribution in [0.5, 0.6) is 0 Å². The smallest absolute Gasteiger partial charge is 0.0624 e. The fraction of sp³-hybridized carbons (Fsp3) is 0.727. The summed E-state index contributed by atoms with van der Waals surface area (Å²) in [7, 11) is 0. The second-order valence-electron chi connectivity index (χ2n) is 3.98. The molecule has 0 radical (unpaired) electrons. The minimum Gasteiger partial charge on any atom is -0.198 e. The van der Waals surface area contributed by atoms with Gasteiger partial charge in [0.1, 0.15) is 0 Å². The fourth-order valence-electron chi connectivity index (χ4n) is 2.07. The van der Waals surface area contributed by atoms with E-state index in [1.807, 2.05) is 0 Å². The molecule has 0 saturated heterocycles. The molecule has 1 aliphatic carbocycles. The van der Waals surface area contributed by atoms with Crippen molar-refractivity contribution in [3.8, 4) is 6.07 Å². The average molecular weight is 163 g/mol. The Hall–Kier alpha value is -0.770. The van der Waals surface area contributed by atoms with Crippen LogP contribution in [0, 0.1) is 29.1 Å². The monoisotopic (exact) mass is 163 g/mol. The third-order valence-corrected chi connectivity index (χ3v) is 3.22. The van der Waals surface area contributed by atoms with Crippen molar-refractivity contribution in [2.24, 2.45) is 17.8 Å². The average Bonchev–Trinajstić information content (AvgIpc) is 2.34. The summed E-state index contributed by atoms with van der Waals surface area (Å²) >= 11 is 0. The van der Waals surface area contributed by atoms with Crippen LogP contribution >= 0.6 is 0 Å². The van der Waals surface area contributed by atoms with Gasteiger partial charge in [0.2, 0.25) is 0 Å². The molecule has 1 heteroatoms. The third-order valence-electron chi connectivity index (χ3n) is 3.22. The molecule has 1 rings (SSSR count). The fourth-order valence-corrected chi connectivity index (χ4v) is 2.07. The lowest BCUT2D eigenvalue weighted by atomic mass is 9.82. The number of hydrogen-bond donors (Lipinski definition) is 0. The lowest BCUT2D eigenvalue weighted by molar-refractivity contribution is 0.310. The first-order valence-electron chi connectivity index (χ1n) is 4.70. The van der Waals surface area contributed by atoms with Gasteiger partial charge in [-0.1, -0.05) is 25.5 Å². The molecular formula is C11H17N. The summed E-state index contributed by atoms with van der Waals surface area (Å²) in [5.74, 6) is 1.96. The molecule has 66 valence electrons. The van der Waals surface area contributed by atoms with Gasteiger partial charge in [-0.25, -0.2) is 0 Å². The molecule has 0 heterocycles. The van der Waals surface area contributed by atoms with E-state index in [0.29, 0.717) is 24.2 Å². The molecule has 0 aromatic carbocycles. The zero-order valence-corrected chi connectivity index (χ0v) is 8.17. The molecule has 0 aliphatic heterocycles. The maximum atomic E-state index is 8.58. The van der Waals surface area contributed by atoms with E-state index in [1.54, 1.807) is 0 Å². The molecule has 1 aliphatic rings. The Morgan fingerprint density at radius 1 is 1.75 bits per heavy atom. The Morgan fingerprint density at radius 3 is 2.83 bits per heavy atom. The second-order valence-corrected chi connectivity index (χ2v) is 3.98. The molecule has 0 aromatic heterocycles. The summed E-state index contributed by atoms with van der Waals surface area (Å²) in [6.07, 6.45) is 4.20. The van der Waals surface area contributed by atoms with Crippen LogP contribution in [0.25, 0.3) is 0 Å². The van der Waals surface area contributed by atoms with Crippen LogP contribution in [0.1, 0.15) is 33.6 Å². The largest absolute Gasteiger partial charge is 0.198 e. The Labute approximate surface area is 75.1 Å². The van der Waals surface area contributed by atoms with Crippen LogP contribution in [0.2, 0.25) is 0 Å². The van der Waals surface area contributed by atoms with Gasteiger partial charge in [-0.05, 0) is 31.1 Å². The van der Waals surface area contributed by atoms with E-state index in [2.05, 4.69) is 32.9 Å². The Kier molecular flexibility index (Phi) is 2.92. The molecule has 3 atom stereocenters. The van der Waals surface area contributed by atoms with Gasteiger partial charge >= 0.3 is 0 Å². The van der Waals surface area contributed by atoms with Crippen LogP contribution in [0.3, 0.4) is 0 Å². The van der Waals surface area contributed by atoms with Gasteiger partial charge in [-0.15, -0.1) is 0 Å². The predicted octanol–water partition coefficient (Wildman–Crippen LogP) is 3.14. The van der Waals surface area contributed by atoms with Crippen molar-refractivity contribution < 1.29 is 0 Å². The zero-order valence-electron chi connectivity index (χ0n) is 8.17. The van der Waals surface area contributed by atoms with Gasteiger partial charge < -0.3 is 0 Å². The van der Waals surface area contributed by atoms with Crippen LogP contribution in [-0.2, 0) is 0 Å². The van der Waals surface area contributed by atoms with E-state index >= 15 is 0 Å². The highest BCUT2D eigenvalue weighted by Gasteiger charge is 2.27. The van der Waals surface area contributed by atoms with Crippen molar-refractivity contribution in [3.05, 3.63) is 11.6 Å². The molecular weight excluding hydrogens is 146 g/mol. The number of nitrogens with zero attached hydrogens (tertiary/aromatic N) is 1. The number of allylic oxidation sites excluding steroid dienone is 2. The zero-order chi connectivity index (χ0) is 9.14. The van der Waals surface area contributed by atoms with Gasteiger partial charge in [-0.2, -0.15) is 5.26 Å². The summed E-state index contributed by atoms with van der Waals surface area (Å²) in [4.78, 5) is 0. The minimum atomic E-state index is 0.554. The standard InChI is InChI=1S/C11H17N/c1-8-4-5-11(10(8)3)9(2)6-7-12/h4,9-11H,5-6H2,1-3H3/t9?,10-,11+/m1/s1. The van der Waals surface area contributed by atoms with Crippen LogP contribution < -0.4 is 0 Å². The van der Waals surface area contributed by atoms with Gasteiger partial charge in [0, 0.05) is 6.42 Å². The lowest BCUT2D eigenvalue weighted by Gasteiger charge is -2.22. The van der Waals surface area contributed by atoms with Gasteiger partial charge in [0.25, 0.3) is 0 Å². The predicted molar refractivity (Wildman–Crippen MR) is 50.4 cm³/mol. The highest BCUT2D eigenvalue weighted by Crippen LogP contribution is 2.37. The summed E-state index contributed by atoms with van der Waals surface area (Å²) in [5.41, 5.74) is 1.50. The molecule has 0 fully saturated rings. The van der Waals surface area contributed by atoms with E-state index in [0.717, 1.165) is 0 Å². The number of hydrogen-bond acceptors (Lipinski definition) is 1. The highest BCUT2D eigenvalue weighted by molar-refractivity contribution is 5.12. The number of nitriles is 1. The molecule has 1 nitrogen and oxygen atoms in total. The quantitative estimate of drug-likeness (QED) is 0.574. The maximum absolute atomic E-state index is 8.58. The molecule has 0 bridgehead atoms. The SMILES string of the molecule is CC1=CC[C@@H](C(C)CC#N)[C@@H]1C. The highest BCUT2D eigenvalue weighted by atomic mass is 14.3. The Bertz CT molecular complexity index is 222. The van der Waals surface area contributed by atoms with E-state index in [9.17, 15) is 0 Å². The molecule has 0 N–H and O–H groups in total.